The van der Waals surface area contributed by atoms with Crippen molar-refractivity contribution in [1.29, 1.82) is 0 Å². The fourth-order valence-corrected chi connectivity index (χ4v) is 5.02. The Morgan fingerprint density at radius 2 is 1.82 bits per heavy atom. The molecule has 0 aliphatic heterocycles. The van der Waals surface area contributed by atoms with E-state index >= 15 is 0 Å². The fourth-order valence-electron chi connectivity index (χ4n) is 4.26. The van der Waals surface area contributed by atoms with Gasteiger partial charge >= 0.3 is 0 Å². The molecule has 1 amide bonds. The molecule has 2 aromatic heterocycles. The lowest BCUT2D eigenvalue weighted by Gasteiger charge is -2.14. The molecule has 34 heavy (non-hydrogen) atoms. The first-order valence-electron chi connectivity index (χ1n) is 11.3. The number of carbonyl (C=O) groups excluding carboxylic acids is 1. The Labute approximate surface area is 202 Å². The average molecular weight is 475 g/mol. The van der Waals surface area contributed by atoms with Gasteiger partial charge in [0.15, 0.2) is 11.0 Å². The number of benzene rings is 2. The smallest absolute Gasteiger partial charge is 0.235 e. The molecule has 1 aliphatic carbocycles. The molecular formula is C25H26N6O2S. The summed E-state index contributed by atoms with van der Waals surface area (Å²) in [4.78, 5) is 12.8. The lowest BCUT2D eigenvalue weighted by Crippen LogP contribution is -2.19. The SMILES string of the molecule is COc1ccc(-n2c(SCC(=O)Nc3ccnn3C3CCCC3)nnc2-c2ccccc2)cc1. The van der Waals surface area contributed by atoms with Gasteiger partial charge < -0.3 is 10.1 Å². The molecule has 0 spiro atoms. The topological polar surface area (TPSA) is 86.9 Å². The monoisotopic (exact) mass is 474 g/mol. The van der Waals surface area contributed by atoms with Crippen molar-refractivity contribution >= 4 is 23.5 Å². The van der Waals surface area contributed by atoms with E-state index in [0.29, 0.717) is 17.0 Å². The lowest BCUT2D eigenvalue weighted by atomic mass is 10.2. The molecule has 174 valence electrons. The van der Waals surface area contributed by atoms with Crippen LogP contribution in [-0.2, 0) is 4.79 Å². The molecule has 2 heterocycles. The maximum absolute atomic E-state index is 12.8. The van der Waals surface area contributed by atoms with Crippen molar-refractivity contribution in [1.82, 2.24) is 24.5 Å². The third kappa shape index (κ3) is 4.70. The first-order chi connectivity index (χ1) is 16.7. The summed E-state index contributed by atoms with van der Waals surface area (Å²) in [6, 6.07) is 19.8. The Morgan fingerprint density at radius 1 is 1.06 bits per heavy atom. The minimum atomic E-state index is -0.102. The van der Waals surface area contributed by atoms with Crippen molar-refractivity contribution in [2.24, 2.45) is 0 Å². The summed E-state index contributed by atoms with van der Waals surface area (Å²) in [6.07, 6.45) is 6.36. The van der Waals surface area contributed by atoms with Crippen LogP contribution in [0.4, 0.5) is 5.82 Å². The van der Waals surface area contributed by atoms with E-state index in [2.05, 4.69) is 20.6 Å². The van der Waals surface area contributed by atoms with E-state index in [0.717, 1.165) is 35.7 Å². The second kappa shape index (κ2) is 10.1. The molecule has 0 atom stereocenters. The predicted molar refractivity (Wildman–Crippen MR) is 132 cm³/mol. The predicted octanol–water partition coefficient (Wildman–Crippen LogP) is 4.99. The molecule has 1 saturated carbocycles. The Morgan fingerprint density at radius 3 is 2.56 bits per heavy atom. The number of thioether (sulfide) groups is 1. The van der Waals surface area contributed by atoms with E-state index in [-0.39, 0.29) is 11.7 Å². The first-order valence-corrected chi connectivity index (χ1v) is 12.3. The van der Waals surface area contributed by atoms with Crippen LogP contribution in [0.5, 0.6) is 5.75 Å². The normalized spacial score (nSPS) is 13.8. The number of nitrogens with one attached hydrogen (secondary N) is 1. The number of rotatable bonds is 8. The first kappa shape index (κ1) is 22.2. The van der Waals surface area contributed by atoms with Gasteiger partial charge in [-0.1, -0.05) is 54.9 Å². The van der Waals surface area contributed by atoms with Crippen LogP contribution in [0.1, 0.15) is 31.7 Å². The van der Waals surface area contributed by atoms with Crippen LogP contribution in [-0.4, -0.2) is 43.3 Å². The van der Waals surface area contributed by atoms with Gasteiger partial charge in [0, 0.05) is 17.3 Å². The molecule has 1 aliphatic rings. The van der Waals surface area contributed by atoms with Gasteiger partial charge in [-0.05, 0) is 37.1 Å². The molecule has 1 N–H and O–H groups in total. The van der Waals surface area contributed by atoms with E-state index < -0.39 is 0 Å². The number of nitrogens with zero attached hydrogens (tertiary/aromatic N) is 5. The quantitative estimate of drug-likeness (QED) is 0.362. The van der Waals surface area contributed by atoms with Crippen LogP contribution in [0, 0.1) is 0 Å². The Hall–Kier alpha value is -3.59. The Balaban J connectivity index is 1.36. The van der Waals surface area contributed by atoms with E-state index in [4.69, 9.17) is 4.74 Å². The molecule has 0 saturated heterocycles. The third-order valence-electron chi connectivity index (χ3n) is 5.94. The van der Waals surface area contributed by atoms with Gasteiger partial charge in [-0.15, -0.1) is 10.2 Å². The number of amides is 1. The highest BCUT2D eigenvalue weighted by molar-refractivity contribution is 7.99. The van der Waals surface area contributed by atoms with Gasteiger partial charge in [-0.25, -0.2) is 4.68 Å². The number of carbonyl (C=O) groups is 1. The standard InChI is InChI=1S/C25H26N6O2S/c1-33-21-13-11-19(12-14-21)30-24(18-7-3-2-4-8-18)28-29-25(30)34-17-23(32)27-22-15-16-26-31(22)20-9-5-6-10-20/h2-4,7-8,11-16,20H,5-6,9-10,17H2,1H3,(H,27,32). The van der Waals surface area contributed by atoms with Crippen molar-refractivity contribution in [3.8, 4) is 22.8 Å². The molecule has 0 radical (unpaired) electrons. The van der Waals surface area contributed by atoms with Crippen LogP contribution in [0.3, 0.4) is 0 Å². The molecule has 1 fully saturated rings. The van der Waals surface area contributed by atoms with Crippen LogP contribution in [0.25, 0.3) is 17.1 Å². The van der Waals surface area contributed by atoms with E-state index in [1.807, 2.05) is 69.9 Å². The summed E-state index contributed by atoms with van der Waals surface area (Å²) in [7, 11) is 1.64. The highest BCUT2D eigenvalue weighted by Crippen LogP contribution is 2.32. The Bertz CT molecular complexity index is 1250. The van der Waals surface area contributed by atoms with E-state index in [9.17, 15) is 4.79 Å². The number of hydrogen-bond donors (Lipinski definition) is 1. The van der Waals surface area contributed by atoms with Gasteiger partial charge in [0.05, 0.1) is 25.1 Å². The number of anilines is 1. The minimum Gasteiger partial charge on any atom is -0.497 e. The number of ether oxygens (including phenoxy) is 1. The third-order valence-corrected chi connectivity index (χ3v) is 6.87. The highest BCUT2D eigenvalue weighted by Gasteiger charge is 2.21. The molecule has 9 heteroatoms. The van der Waals surface area contributed by atoms with Crippen molar-refractivity contribution in [2.45, 2.75) is 36.9 Å². The highest BCUT2D eigenvalue weighted by atomic mass is 32.2. The zero-order chi connectivity index (χ0) is 23.3. The van der Waals surface area contributed by atoms with E-state index in [1.165, 1.54) is 24.6 Å². The van der Waals surface area contributed by atoms with Crippen molar-refractivity contribution in [3.63, 3.8) is 0 Å². The molecule has 0 unspecified atom stereocenters. The summed E-state index contributed by atoms with van der Waals surface area (Å²) in [6.45, 7) is 0. The summed E-state index contributed by atoms with van der Waals surface area (Å²) >= 11 is 1.35. The minimum absolute atomic E-state index is 0.102. The van der Waals surface area contributed by atoms with Crippen molar-refractivity contribution in [3.05, 3.63) is 66.9 Å². The second-order valence-electron chi connectivity index (χ2n) is 8.14. The van der Waals surface area contributed by atoms with Gasteiger partial charge in [0.2, 0.25) is 5.91 Å². The molecular weight excluding hydrogens is 448 g/mol. The van der Waals surface area contributed by atoms with Crippen LogP contribution >= 0.6 is 11.8 Å². The number of aromatic nitrogens is 5. The summed E-state index contributed by atoms with van der Waals surface area (Å²) in [5, 5.41) is 16.9. The van der Waals surface area contributed by atoms with Gasteiger partial charge in [0.1, 0.15) is 11.6 Å². The van der Waals surface area contributed by atoms with E-state index in [1.54, 1.807) is 13.3 Å². The number of methoxy groups -OCH3 is 1. The number of hydrogen-bond acceptors (Lipinski definition) is 6. The lowest BCUT2D eigenvalue weighted by molar-refractivity contribution is -0.113. The summed E-state index contributed by atoms with van der Waals surface area (Å²) in [5.41, 5.74) is 1.84. The van der Waals surface area contributed by atoms with Crippen molar-refractivity contribution < 1.29 is 9.53 Å². The van der Waals surface area contributed by atoms with Gasteiger partial charge in [0.25, 0.3) is 0 Å². The molecule has 5 rings (SSSR count). The largest absolute Gasteiger partial charge is 0.497 e. The second-order valence-corrected chi connectivity index (χ2v) is 9.08. The zero-order valence-corrected chi connectivity index (χ0v) is 19.7. The summed E-state index contributed by atoms with van der Waals surface area (Å²) in [5.74, 6) is 2.34. The van der Waals surface area contributed by atoms with Crippen LogP contribution in [0.2, 0.25) is 0 Å². The molecule has 0 bridgehead atoms. The van der Waals surface area contributed by atoms with Gasteiger partial charge in [-0.2, -0.15) is 5.10 Å². The zero-order valence-electron chi connectivity index (χ0n) is 18.9. The summed E-state index contributed by atoms with van der Waals surface area (Å²) < 4.78 is 9.22. The van der Waals surface area contributed by atoms with Gasteiger partial charge in [-0.3, -0.25) is 9.36 Å². The molecule has 2 aromatic carbocycles. The van der Waals surface area contributed by atoms with Crippen LogP contribution < -0.4 is 10.1 Å². The fraction of sp³-hybridized carbons (Fsp3) is 0.280. The molecule has 4 aromatic rings. The average Bonchev–Trinajstić information content (AvgIpc) is 3.64. The maximum atomic E-state index is 12.8. The van der Waals surface area contributed by atoms with Crippen molar-refractivity contribution in [2.75, 3.05) is 18.2 Å². The maximum Gasteiger partial charge on any atom is 0.235 e. The Kier molecular flexibility index (Phi) is 6.62. The van der Waals surface area contributed by atoms with Crippen LogP contribution in [0.15, 0.2) is 72.0 Å². The molecule has 8 nitrogen and oxygen atoms in total.